The average Bonchev–Trinajstić information content (AvgIpc) is 2.70. The second-order valence-corrected chi connectivity index (χ2v) is 5.42. The Bertz CT molecular complexity index is 443. The van der Waals surface area contributed by atoms with E-state index in [9.17, 15) is 4.79 Å². The number of benzene rings is 1. The van der Waals surface area contributed by atoms with E-state index in [2.05, 4.69) is 24.4 Å². The van der Waals surface area contributed by atoms with Gasteiger partial charge in [0, 0.05) is 19.6 Å². The van der Waals surface area contributed by atoms with Crippen molar-refractivity contribution in [1.82, 2.24) is 10.2 Å². The molecule has 1 spiro atoms. The molecule has 2 heterocycles. The summed E-state index contributed by atoms with van der Waals surface area (Å²) in [5.41, 5.74) is 0.999. The van der Waals surface area contributed by atoms with Crippen molar-refractivity contribution in [2.75, 3.05) is 13.1 Å². The van der Waals surface area contributed by atoms with Crippen LogP contribution in [0.4, 0.5) is 0 Å². The summed E-state index contributed by atoms with van der Waals surface area (Å²) in [6, 6.07) is 10.2. The Hall–Kier alpha value is -1.35. The zero-order valence-electron chi connectivity index (χ0n) is 10.9. The number of nitrogens with one attached hydrogen (secondary N) is 1. The van der Waals surface area contributed by atoms with Crippen molar-refractivity contribution in [3.63, 3.8) is 0 Å². The fourth-order valence-corrected chi connectivity index (χ4v) is 3.28. The summed E-state index contributed by atoms with van der Waals surface area (Å²) in [5.74, 6) is 0.843. The SMILES string of the molecule is CCC1CNC12CCN(Cc1ccccc1)C2=O. The monoisotopic (exact) mass is 244 g/mol. The van der Waals surface area contributed by atoms with Crippen LogP contribution in [-0.2, 0) is 11.3 Å². The highest BCUT2D eigenvalue weighted by Gasteiger charge is 2.56. The first-order valence-corrected chi connectivity index (χ1v) is 6.84. The molecule has 2 atom stereocenters. The number of carbonyl (C=O) groups is 1. The van der Waals surface area contributed by atoms with Crippen molar-refractivity contribution < 1.29 is 4.79 Å². The van der Waals surface area contributed by atoms with E-state index in [0.717, 1.165) is 32.5 Å². The number of nitrogens with zero attached hydrogens (tertiary/aromatic N) is 1. The zero-order valence-corrected chi connectivity index (χ0v) is 10.9. The van der Waals surface area contributed by atoms with Crippen LogP contribution in [0.15, 0.2) is 30.3 Å². The maximum Gasteiger partial charge on any atom is 0.243 e. The highest BCUT2D eigenvalue weighted by atomic mass is 16.2. The Labute approximate surface area is 108 Å². The molecule has 1 N–H and O–H groups in total. The van der Waals surface area contributed by atoms with Crippen LogP contribution >= 0.6 is 0 Å². The predicted octanol–water partition coefficient (Wildman–Crippen LogP) is 1.79. The normalized spacial score (nSPS) is 30.8. The van der Waals surface area contributed by atoms with Gasteiger partial charge in [0.1, 0.15) is 5.54 Å². The van der Waals surface area contributed by atoms with Gasteiger partial charge in [-0.25, -0.2) is 0 Å². The van der Waals surface area contributed by atoms with Crippen LogP contribution < -0.4 is 5.32 Å². The summed E-state index contributed by atoms with van der Waals surface area (Å²) in [6.45, 7) is 4.82. The summed E-state index contributed by atoms with van der Waals surface area (Å²) < 4.78 is 0. The van der Waals surface area contributed by atoms with Gasteiger partial charge in [-0.15, -0.1) is 0 Å². The van der Waals surface area contributed by atoms with Crippen molar-refractivity contribution in [3.8, 4) is 0 Å². The van der Waals surface area contributed by atoms with Crippen LogP contribution in [0.3, 0.4) is 0 Å². The molecule has 3 rings (SSSR count). The molecule has 0 aliphatic carbocycles. The summed E-state index contributed by atoms with van der Waals surface area (Å²) in [7, 11) is 0. The van der Waals surface area contributed by atoms with Crippen LogP contribution in [0.25, 0.3) is 0 Å². The topological polar surface area (TPSA) is 32.3 Å². The molecule has 18 heavy (non-hydrogen) atoms. The molecule has 1 aromatic carbocycles. The molecular formula is C15H20N2O. The van der Waals surface area contributed by atoms with Crippen molar-refractivity contribution in [2.45, 2.75) is 31.8 Å². The lowest BCUT2D eigenvalue weighted by Gasteiger charge is -2.46. The molecule has 1 amide bonds. The second-order valence-electron chi connectivity index (χ2n) is 5.42. The highest BCUT2D eigenvalue weighted by molar-refractivity contribution is 5.90. The molecule has 0 radical (unpaired) electrons. The molecular weight excluding hydrogens is 224 g/mol. The van der Waals surface area contributed by atoms with Crippen LogP contribution in [0.5, 0.6) is 0 Å². The molecule has 3 heteroatoms. The van der Waals surface area contributed by atoms with Crippen LogP contribution in [0.1, 0.15) is 25.3 Å². The molecule has 96 valence electrons. The Morgan fingerprint density at radius 1 is 1.39 bits per heavy atom. The number of amides is 1. The first kappa shape index (κ1) is 11.7. The molecule has 2 unspecified atom stereocenters. The Morgan fingerprint density at radius 3 is 2.78 bits per heavy atom. The minimum atomic E-state index is -0.219. The van der Waals surface area contributed by atoms with E-state index in [-0.39, 0.29) is 5.54 Å². The van der Waals surface area contributed by atoms with E-state index in [1.165, 1.54) is 5.56 Å². The van der Waals surface area contributed by atoms with Gasteiger partial charge in [-0.3, -0.25) is 4.79 Å². The quantitative estimate of drug-likeness (QED) is 0.879. The Balaban J connectivity index is 1.72. The third kappa shape index (κ3) is 1.65. The number of hydrogen-bond donors (Lipinski definition) is 1. The fraction of sp³-hybridized carbons (Fsp3) is 0.533. The van der Waals surface area contributed by atoms with E-state index in [1.807, 2.05) is 23.1 Å². The van der Waals surface area contributed by atoms with Gasteiger partial charge in [0.15, 0.2) is 0 Å². The maximum absolute atomic E-state index is 12.5. The van der Waals surface area contributed by atoms with Crippen LogP contribution in [-0.4, -0.2) is 29.4 Å². The van der Waals surface area contributed by atoms with Gasteiger partial charge in [-0.1, -0.05) is 37.3 Å². The van der Waals surface area contributed by atoms with Crippen LogP contribution in [0.2, 0.25) is 0 Å². The number of rotatable bonds is 3. The summed E-state index contributed by atoms with van der Waals surface area (Å²) in [5, 5.41) is 3.40. The van der Waals surface area contributed by atoms with Gasteiger partial charge in [-0.05, 0) is 24.3 Å². The van der Waals surface area contributed by atoms with Gasteiger partial charge in [0.05, 0.1) is 0 Å². The maximum atomic E-state index is 12.5. The summed E-state index contributed by atoms with van der Waals surface area (Å²) in [4.78, 5) is 14.6. The van der Waals surface area contributed by atoms with Gasteiger partial charge < -0.3 is 10.2 Å². The third-order valence-corrected chi connectivity index (χ3v) is 4.51. The average molecular weight is 244 g/mol. The standard InChI is InChI=1S/C15H20N2O/c1-2-13-10-16-15(13)8-9-17(14(15)18)11-12-6-4-3-5-7-12/h3-7,13,16H,2,8-11H2,1H3. The van der Waals surface area contributed by atoms with E-state index < -0.39 is 0 Å². The highest BCUT2D eigenvalue weighted by Crippen LogP contribution is 2.38. The zero-order chi connectivity index (χ0) is 12.6. The number of hydrogen-bond acceptors (Lipinski definition) is 2. The van der Waals surface area contributed by atoms with E-state index in [4.69, 9.17) is 0 Å². The molecule has 0 bridgehead atoms. The van der Waals surface area contributed by atoms with Crippen molar-refractivity contribution in [3.05, 3.63) is 35.9 Å². The van der Waals surface area contributed by atoms with Crippen molar-refractivity contribution in [1.29, 1.82) is 0 Å². The Kier molecular flexibility index (Phi) is 2.86. The summed E-state index contributed by atoms with van der Waals surface area (Å²) >= 11 is 0. The predicted molar refractivity (Wildman–Crippen MR) is 71.0 cm³/mol. The molecule has 2 fully saturated rings. The molecule has 2 aliphatic rings. The third-order valence-electron chi connectivity index (χ3n) is 4.51. The molecule has 0 aromatic heterocycles. The first-order chi connectivity index (χ1) is 8.76. The smallest absolute Gasteiger partial charge is 0.243 e. The van der Waals surface area contributed by atoms with Crippen LogP contribution in [0, 0.1) is 5.92 Å². The van der Waals surface area contributed by atoms with Gasteiger partial charge >= 0.3 is 0 Å². The van der Waals surface area contributed by atoms with E-state index in [0.29, 0.717) is 11.8 Å². The molecule has 1 aromatic rings. The van der Waals surface area contributed by atoms with Crippen molar-refractivity contribution in [2.24, 2.45) is 5.92 Å². The lowest BCUT2D eigenvalue weighted by molar-refractivity contribution is -0.139. The lowest BCUT2D eigenvalue weighted by Crippen LogP contribution is -2.68. The molecule has 3 nitrogen and oxygen atoms in total. The minimum Gasteiger partial charge on any atom is -0.337 e. The molecule has 0 saturated carbocycles. The van der Waals surface area contributed by atoms with Gasteiger partial charge in [-0.2, -0.15) is 0 Å². The second kappa shape index (κ2) is 4.39. The van der Waals surface area contributed by atoms with Gasteiger partial charge in [0.25, 0.3) is 0 Å². The first-order valence-electron chi connectivity index (χ1n) is 6.84. The summed E-state index contributed by atoms with van der Waals surface area (Å²) in [6.07, 6.45) is 2.06. The minimum absolute atomic E-state index is 0.219. The largest absolute Gasteiger partial charge is 0.337 e. The molecule has 2 aliphatic heterocycles. The van der Waals surface area contributed by atoms with E-state index >= 15 is 0 Å². The lowest BCUT2D eigenvalue weighted by atomic mass is 9.74. The number of carbonyl (C=O) groups excluding carboxylic acids is 1. The molecule has 2 saturated heterocycles. The Morgan fingerprint density at radius 2 is 2.17 bits per heavy atom. The van der Waals surface area contributed by atoms with Gasteiger partial charge in [0.2, 0.25) is 5.91 Å². The fourth-order valence-electron chi connectivity index (χ4n) is 3.28. The van der Waals surface area contributed by atoms with Crippen molar-refractivity contribution >= 4 is 5.91 Å². The number of likely N-dealkylation sites (tertiary alicyclic amines) is 1. The van der Waals surface area contributed by atoms with E-state index in [1.54, 1.807) is 0 Å².